The smallest absolute Gasteiger partial charge is 0.322 e. The van der Waals surface area contributed by atoms with Crippen molar-refractivity contribution in [1.29, 1.82) is 0 Å². The van der Waals surface area contributed by atoms with Crippen LogP contribution in [0.15, 0.2) is 71.7 Å². The summed E-state index contributed by atoms with van der Waals surface area (Å²) in [7, 11) is 0. The Bertz CT molecular complexity index is 1150. The SMILES string of the molecule is O=C(Nc1ccc([N+](=O)[O-])cc1)c1ccc(=O)n(Cc2cccc(C(F)(F)F)c2)c1. The number of nitro groups is 1. The lowest BCUT2D eigenvalue weighted by Gasteiger charge is -2.11. The zero-order valence-electron chi connectivity index (χ0n) is 15.2. The molecule has 3 aromatic rings. The maximum absolute atomic E-state index is 12.9. The van der Waals surface area contributed by atoms with Crippen LogP contribution >= 0.6 is 0 Å². The Balaban J connectivity index is 1.80. The number of benzene rings is 2. The van der Waals surface area contributed by atoms with Gasteiger partial charge in [0.2, 0.25) is 0 Å². The summed E-state index contributed by atoms with van der Waals surface area (Å²) in [6.45, 7) is -0.151. The van der Waals surface area contributed by atoms with E-state index in [2.05, 4.69) is 5.32 Å². The maximum Gasteiger partial charge on any atom is 0.416 e. The molecule has 0 aliphatic carbocycles. The molecule has 1 heterocycles. The molecule has 0 radical (unpaired) electrons. The number of pyridine rings is 1. The van der Waals surface area contributed by atoms with Gasteiger partial charge in [-0.05, 0) is 35.9 Å². The molecule has 0 atom stereocenters. The molecule has 154 valence electrons. The van der Waals surface area contributed by atoms with Gasteiger partial charge in [0.1, 0.15) is 0 Å². The lowest BCUT2D eigenvalue weighted by atomic mass is 10.1. The molecule has 0 saturated carbocycles. The lowest BCUT2D eigenvalue weighted by molar-refractivity contribution is -0.384. The number of nitro benzene ring substituents is 1. The fourth-order valence-corrected chi connectivity index (χ4v) is 2.70. The minimum atomic E-state index is -4.51. The van der Waals surface area contributed by atoms with E-state index in [1.807, 2.05) is 0 Å². The number of rotatable bonds is 5. The van der Waals surface area contributed by atoms with E-state index in [9.17, 15) is 32.9 Å². The van der Waals surface area contributed by atoms with Crippen LogP contribution in [0.2, 0.25) is 0 Å². The van der Waals surface area contributed by atoms with E-state index in [0.29, 0.717) is 5.69 Å². The summed E-state index contributed by atoms with van der Waals surface area (Å²) in [5.74, 6) is -0.582. The molecule has 0 fully saturated rings. The average molecular weight is 417 g/mol. The summed E-state index contributed by atoms with van der Waals surface area (Å²) in [4.78, 5) is 34.6. The lowest BCUT2D eigenvalue weighted by Crippen LogP contribution is -2.22. The van der Waals surface area contributed by atoms with Crippen LogP contribution in [0, 0.1) is 10.1 Å². The van der Waals surface area contributed by atoms with Gasteiger partial charge in [-0.3, -0.25) is 19.7 Å². The Kier molecular flexibility index (Phi) is 5.67. The fourth-order valence-electron chi connectivity index (χ4n) is 2.70. The summed E-state index contributed by atoms with van der Waals surface area (Å²) < 4.78 is 39.7. The van der Waals surface area contributed by atoms with Crippen LogP contribution in [0.3, 0.4) is 0 Å². The van der Waals surface area contributed by atoms with Crippen molar-refractivity contribution in [2.45, 2.75) is 12.7 Å². The molecule has 0 aliphatic heterocycles. The minimum absolute atomic E-state index is 0.0972. The van der Waals surface area contributed by atoms with Gasteiger partial charge in [-0.1, -0.05) is 12.1 Å². The molecule has 7 nitrogen and oxygen atoms in total. The first-order chi connectivity index (χ1) is 14.1. The number of amides is 1. The summed E-state index contributed by atoms with van der Waals surface area (Å²) in [5, 5.41) is 13.2. The highest BCUT2D eigenvalue weighted by molar-refractivity contribution is 6.04. The summed E-state index contributed by atoms with van der Waals surface area (Å²) in [6.07, 6.45) is -3.27. The first-order valence-electron chi connectivity index (χ1n) is 8.56. The summed E-state index contributed by atoms with van der Waals surface area (Å²) in [5.41, 5.74) is -0.803. The fraction of sp³-hybridized carbons (Fsp3) is 0.100. The Morgan fingerprint density at radius 2 is 1.77 bits per heavy atom. The van der Waals surface area contributed by atoms with Crippen LogP contribution in [-0.2, 0) is 12.7 Å². The molecule has 1 aromatic heterocycles. The van der Waals surface area contributed by atoms with Crippen LogP contribution in [0.1, 0.15) is 21.5 Å². The van der Waals surface area contributed by atoms with E-state index < -0.39 is 28.1 Å². The Hall–Kier alpha value is -3.95. The molecular weight excluding hydrogens is 403 g/mol. The quantitative estimate of drug-likeness (QED) is 0.500. The largest absolute Gasteiger partial charge is 0.416 e. The van der Waals surface area contributed by atoms with Gasteiger partial charge in [0, 0.05) is 30.1 Å². The van der Waals surface area contributed by atoms with Crippen molar-refractivity contribution in [3.05, 3.63) is 104 Å². The second-order valence-electron chi connectivity index (χ2n) is 6.34. The first-order valence-corrected chi connectivity index (χ1v) is 8.56. The van der Waals surface area contributed by atoms with Crippen molar-refractivity contribution in [2.75, 3.05) is 5.32 Å². The number of non-ortho nitro benzene ring substituents is 1. The standard InChI is InChI=1S/C20H14F3N3O4/c21-20(22,23)15-3-1-2-13(10-15)11-25-12-14(4-9-18(25)27)19(28)24-16-5-7-17(8-6-16)26(29)30/h1-10,12H,11H2,(H,24,28). The summed E-state index contributed by atoms with van der Waals surface area (Å²) >= 11 is 0. The molecule has 10 heteroatoms. The third-order valence-electron chi connectivity index (χ3n) is 4.19. The predicted molar refractivity (Wildman–Crippen MR) is 102 cm³/mol. The number of aromatic nitrogens is 1. The highest BCUT2D eigenvalue weighted by Crippen LogP contribution is 2.29. The van der Waals surface area contributed by atoms with Crippen molar-refractivity contribution in [3.63, 3.8) is 0 Å². The maximum atomic E-state index is 12.9. The number of carbonyl (C=O) groups excluding carboxylic acids is 1. The van der Waals surface area contributed by atoms with Crippen LogP contribution in [0.4, 0.5) is 24.5 Å². The van der Waals surface area contributed by atoms with E-state index in [-0.39, 0.29) is 23.4 Å². The van der Waals surface area contributed by atoms with Crippen molar-refractivity contribution < 1.29 is 22.9 Å². The number of hydrogen-bond acceptors (Lipinski definition) is 4. The van der Waals surface area contributed by atoms with Crippen LogP contribution < -0.4 is 10.9 Å². The Labute approximate surface area is 167 Å². The second kappa shape index (κ2) is 8.19. The number of nitrogens with one attached hydrogen (secondary N) is 1. The third-order valence-corrected chi connectivity index (χ3v) is 4.19. The van der Waals surface area contributed by atoms with E-state index in [1.54, 1.807) is 0 Å². The molecule has 1 amide bonds. The van der Waals surface area contributed by atoms with Gasteiger partial charge in [-0.25, -0.2) is 0 Å². The Morgan fingerprint density at radius 1 is 1.07 bits per heavy atom. The zero-order chi connectivity index (χ0) is 21.9. The third kappa shape index (κ3) is 4.90. The summed E-state index contributed by atoms with van der Waals surface area (Å²) in [6, 6.07) is 12.2. The monoisotopic (exact) mass is 417 g/mol. The zero-order valence-corrected chi connectivity index (χ0v) is 15.2. The van der Waals surface area contributed by atoms with Gasteiger partial charge in [0.25, 0.3) is 17.2 Å². The van der Waals surface area contributed by atoms with Crippen LogP contribution in [-0.4, -0.2) is 15.4 Å². The van der Waals surface area contributed by atoms with Gasteiger partial charge >= 0.3 is 6.18 Å². The molecule has 2 aromatic carbocycles. The van der Waals surface area contributed by atoms with E-state index in [0.717, 1.165) is 22.8 Å². The van der Waals surface area contributed by atoms with Crippen molar-refractivity contribution >= 4 is 17.3 Å². The Morgan fingerprint density at radius 3 is 2.40 bits per heavy atom. The van der Waals surface area contributed by atoms with E-state index in [4.69, 9.17) is 0 Å². The highest BCUT2D eigenvalue weighted by Gasteiger charge is 2.30. The van der Waals surface area contributed by atoms with Gasteiger partial charge in [-0.15, -0.1) is 0 Å². The first kappa shape index (κ1) is 20.8. The van der Waals surface area contributed by atoms with Crippen molar-refractivity contribution in [1.82, 2.24) is 4.57 Å². The molecule has 30 heavy (non-hydrogen) atoms. The van der Waals surface area contributed by atoms with Gasteiger partial charge in [-0.2, -0.15) is 13.2 Å². The molecule has 0 spiro atoms. The predicted octanol–water partition coefficient (Wildman–Crippen LogP) is 4.08. The molecule has 0 saturated heterocycles. The molecule has 0 unspecified atom stereocenters. The topological polar surface area (TPSA) is 94.2 Å². The van der Waals surface area contributed by atoms with Crippen LogP contribution in [0.25, 0.3) is 0 Å². The van der Waals surface area contributed by atoms with E-state index in [1.165, 1.54) is 48.7 Å². The van der Waals surface area contributed by atoms with Crippen LogP contribution in [0.5, 0.6) is 0 Å². The van der Waals surface area contributed by atoms with Crippen molar-refractivity contribution in [2.24, 2.45) is 0 Å². The van der Waals surface area contributed by atoms with Gasteiger partial charge < -0.3 is 9.88 Å². The normalized spacial score (nSPS) is 11.2. The number of anilines is 1. The minimum Gasteiger partial charge on any atom is -0.322 e. The van der Waals surface area contributed by atoms with Gasteiger partial charge in [0.05, 0.1) is 22.6 Å². The van der Waals surface area contributed by atoms with E-state index >= 15 is 0 Å². The number of alkyl halides is 3. The number of nitrogens with zero attached hydrogens (tertiary/aromatic N) is 2. The highest BCUT2D eigenvalue weighted by atomic mass is 19.4. The second-order valence-corrected chi connectivity index (χ2v) is 6.34. The average Bonchev–Trinajstić information content (AvgIpc) is 2.69. The number of hydrogen-bond donors (Lipinski definition) is 1. The molecular formula is C20H14F3N3O4. The molecule has 0 aliphatic rings. The number of halogens is 3. The molecule has 1 N–H and O–H groups in total. The number of carbonyl (C=O) groups is 1. The molecule has 0 bridgehead atoms. The van der Waals surface area contributed by atoms with Crippen molar-refractivity contribution in [3.8, 4) is 0 Å². The van der Waals surface area contributed by atoms with Gasteiger partial charge in [0.15, 0.2) is 0 Å². The molecule has 3 rings (SSSR count).